The lowest BCUT2D eigenvalue weighted by Crippen LogP contribution is -2.35. The quantitative estimate of drug-likeness (QED) is 0.405. The molecule has 0 spiro atoms. The van der Waals surface area contributed by atoms with Crippen molar-refractivity contribution in [2.45, 2.75) is 25.8 Å². The molecule has 1 rings (SSSR count). The Bertz CT molecular complexity index is 389. The predicted molar refractivity (Wildman–Crippen MR) is 77.2 cm³/mol. The Morgan fingerprint density at radius 3 is 2.60 bits per heavy atom. The minimum Gasteiger partial charge on any atom is -0.492 e. The fourth-order valence-electron chi connectivity index (χ4n) is 1.89. The van der Waals surface area contributed by atoms with Gasteiger partial charge in [-0.1, -0.05) is 13.3 Å². The first-order chi connectivity index (χ1) is 9.67. The summed E-state index contributed by atoms with van der Waals surface area (Å²) in [5, 5.41) is 13.9. The largest absolute Gasteiger partial charge is 0.492 e. The van der Waals surface area contributed by atoms with Gasteiger partial charge in [0.2, 0.25) is 0 Å². The molecule has 1 aromatic carbocycles. The van der Waals surface area contributed by atoms with E-state index in [0.29, 0.717) is 31.5 Å². The molecule has 0 bridgehead atoms. The zero-order valence-corrected chi connectivity index (χ0v) is 12.0. The summed E-state index contributed by atoms with van der Waals surface area (Å²) in [6.45, 7) is 4.05. The topological polar surface area (TPSA) is 73.6 Å². The first kappa shape index (κ1) is 16.4. The molecular weight excluding hydrogens is 260 g/mol. The molecule has 0 saturated heterocycles. The molecule has 0 heterocycles. The minimum absolute atomic E-state index is 0.0681. The predicted octanol–water partition coefficient (Wildman–Crippen LogP) is 2.38. The second-order valence-electron chi connectivity index (χ2n) is 4.49. The van der Waals surface area contributed by atoms with E-state index in [-0.39, 0.29) is 5.69 Å². The van der Waals surface area contributed by atoms with Crippen LogP contribution in [-0.4, -0.2) is 37.8 Å². The van der Waals surface area contributed by atoms with Crippen molar-refractivity contribution in [1.82, 2.24) is 5.32 Å². The lowest BCUT2D eigenvalue weighted by atomic mass is 10.2. The highest BCUT2D eigenvalue weighted by Crippen LogP contribution is 2.16. The first-order valence-electron chi connectivity index (χ1n) is 6.77. The van der Waals surface area contributed by atoms with Gasteiger partial charge in [0.25, 0.3) is 5.69 Å². The van der Waals surface area contributed by atoms with E-state index in [9.17, 15) is 10.1 Å². The minimum atomic E-state index is -0.425. The van der Waals surface area contributed by atoms with Gasteiger partial charge < -0.3 is 14.8 Å². The van der Waals surface area contributed by atoms with Crippen LogP contribution in [0, 0.1) is 10.1 Å². The summed E-state index contributed by atoms with van der Waals surface area (Å²) in [5.74, 6) is 0.635. The van der Waals surface area contributed by atoms with E-state index < -0.39 is 4.92 Å². The fourth-order valence-corrected chi connectivity index (χ4v) is 1.89. The van der Waals surface area contributed by atoms with Gasteiger partial charge in [-0.3, -0.25) is 10.1 Å². The maximum Gasteiger partial charge on any atom is 0.269 e. The van der Waals surface area contributed by atoms with Gasteiger partial charge in [0.05, 0.1) is 11.5 Å². The summed E-state index contributed by atoms with van der Waals surface area (Å²) in [6.07, 6.45) is 2.16. The lowest BCUT2D eigenvalue weighted by Gasteiger charge is -2.17. The van der Waals surface area contributed by atoms with Crippen LogP contribution in [0.2, 0.25) is 0 Å². The highest BCUT2D eigenvalue weighted by atomic mass is 16.6. The van der Waals surface area contributed by atoms with Crippen LogP contribution in [0.15, 0.2) is 24.3 Å². The Morgan fingerprint density at radius 2 is 2.05 bits per heavy atom. The molecule has 1 atom stereocenters. The molecule has 112 valence electrons. The molecule has 0 aliphatic heterocycles. The molecule has 1 N–H and O–H groups in total. The molecule has 0 aromatic heterocycles. The fraction of sp³-hybridized carbons (Fsp3) is 0.571. The van der Waals surface area contributed by atoms with Crippen LogP contribution in [-0.2, 0) is 4.74 Å². The number of hydrogen-bond donors (Lipinski definition) is 1. The van der Waals surface area contributed by atoms with E-state index in [2.05, 4.69) is 12.2 Å². The zero-order valence-electron chi connectivity index (χ0n) is 12.0. The summed E-state index contributed by atoms with van der Waals surface area (Å²) >= 11 is 0. The van der Waals surface area contributed by atoms with Crippen molar-refractivity contribution < 1.29 is 14.4 Å². The van der Waals surface area contributed by atoms with E-state index in [0.717, 1.165) is 12.8 Å². The van der Waals surface area contributed by atoms with Gasteiger partial charge in [-0.05, 0) is 18.6 Å². The van der Waals surface area contributed by atoms with Gasteiger partial charge in [0, 0.05) is 31.8 Å². The Hall–Kier alpha value is -1.66. The average molecular weight is 282 g/mol. The second-order valence-corrected chi connectivity index (χ2v) is 4.49. The van der Waals surface area contributed by atoms with E-state index >= 15 is 0 Å². The van der Waals surface area contributed by atoms with Gasteiger partial charge >= 0.3 is 0 Å². The van der Waals surface area contributed by atoms with Crippen LogP contribution < -0.4 is 10.1 Å². The number of nitro groups is 1. The van der Waals surface area contributed by atoms with Gasteiger partial charge in [0.15, 0.2) is 0 Å². The number of ether oxygens (including phenoxy) is 2. The zero-order chi connectivity index (χ0) is 14.8. The number of nitrogens with zero attached hydrogens (tertiary/aromatic N) is 1. The highest BCUT2D eigenvalue weighted by Gasteiger charge is 2.07. The Morgan fingerprint density at radius 1 is 1.35 bits per heavy atom. The van der Waals surface area contributed by atoms with Crippen LogP contribution in [0.5, 0.6) is 5.75 Å². The van der Waals surface area contributed by atoms with E-state index in [1.807, 2.05) is 0 Å². The van der Waals surface area contributed by atoms with Crippen molar-refractivity contribution in [3.05, 3.63) is 34.4 Å². The van der Waals surface area contributed by atoms with Gasteiger partial charge in [-0.15, -0.1) is 0 Å². The molecule has 0 amide bonds. The summed E-state index contributed by atoms with van der Waals surface area (Å²) in [4.78, 5) is 10.1. The number of hydrogen-bond acceptors (Lipinski definition) is 5. The molecule has 0 aliphatic carbocycles. The highest BCUT2D eigenvalue weighted by molar-refractivity contribution is 5.35. The van der Waals surface area contributed by atoms with Gasteiger partial charge in [0.1, 0.15) is 12.4 Å². The second kappa shape index (κ2) is 9.28. The van der Waals surface area contributed by atoms with E-state index in [1.54, 1.807) is 19.2 Å². The van der Waals surface area contributed by atoms with Crippen LogP contribution in [0.1, 0.15) is 19.8 Å². The number of benzene rings is 1. The van der Waals surface area contributed by atoms with Crippen LogP contribution in [0.3, 0.4) is 0 Å². The molecule has 20 heavy (non-hydrogen) atoms. The van der Waals surface area contributed by atoms with Crippen LogP contribution >= 0.6 is 0 Å². The maximum atomic E-state index is 10.5. The third-order valence-electron chi connectivity index (χ3n) is 2.86. The smallest absolute Gasteiger partial charge is 0.269 e. The Balaban J connectivity index is 2.27. The van der Waals surface area contributed by atoms with Gasteiger partial charge in [-0.2, -0.15) is 0 Å². The SMILES string of the molecule is CCCC(COC)NCCOc1ccc([N+](=O)[O-])cc1. The normalized spacial score (nSPS) is 12.1. The standard InChI is InChI=1S/C14H22N2O4/c1-3-4-12(11-19-2)15-9-10-20-14-7-5-13(6-8-14)16(17)18/h5-8,12,15H,3-4,9-11H2,1-2H3. The molecule has 1 unspecified atom stereocenters. The van der Waals surface area contributed by atoms with E-state index in [1.165, 1.54) is 12.1 Å². The number of nitrogens with one attached hydrogen (secondary N) is 1. The average Bonchev–Trinajstić information content (AvgIpc) is 2.44. The Labute approximate surface area is 119 Å². The molecule has 0 radical (unpaired) electrons. The van der Waals surface area contributed by atoms with Crippen molar-refractivity contribution in [1.29, 1.82) is 0 Å². The first-order valence-corrected chi connectivity index (χ1v) is 6.77. The number of non-ortho nitro benzene ring substituents is 1. The van der Waals surface area contributed by atoms with Crippen molar-refractivity contribution in [2.75, 3.05) is 26.9 Å². The summed E-state index contributed by atoms with van der Waals surface area (Å²) < 4.78 is 10.7. The third-order valence-corrected chi connectivity index (χ3v) is 2.86. The lowest BCUT2D eigenvalue weighted by molar-refractivity contribution is -0.384. The molecule has 0 saturated carbocycles. The van der Waals surface area contributed by atoms with Crippen LogP contribution in [0.4, 0.5) is 5.69 Å². The molecular formula is C14H22N2O4. The van der Waals surface area contributed by atoms with E-state index in [4.69, 9.17) is 9.47 Å². The molecule has 1 aromatic rings. The number of methoxy groups -OCH3 is 1. The number of rotatable bonds is 10. The summed E-state index contributed by atoms with van der Waals surface area (Å²) in [5.41, 5.74) is 0.0681. The maximum absolute atomic E-state index is 10.5. The molecule has 6 heteroatoms. The van der Waals surface area contributed by atoms with Crippen molar-refractivity contribution in [3.63, 3.8) is 0 Å². The van der Waals surface area contributed by atoms with Crippen LogP contribution in [0.25, 0.3) is 0 Å². The number of nitro benzene ring substituents is 1. The third kappa shape index (κ3) is 5.99. The van der Waals surface area contributed by atoms with Gasteiger partial charge in [-0.25, -0.2) is 0 Å². The summed E-state index contributed by atoms with van der Waals surface area (Å²) in [7, 11) is 1.69. The molecule has 6 nitrogen and oxygen atoms in total. The summed E-state index contributed by atoms with van der Waals surface area (Å²) in [6, 6.07) is 6.43. The van der Waals surface area contributed by atoms with Crippen molar-refractivity contribution in [3.8, 4) is 5.75 Å². The monoisotopic (exact) mass is 282 g/mol. The Kier molecular flexibility index (Phi) is 7.60. The molecule has 0 fully saturated rings. The van der Waals surface area contributed by atoms with Crippen molar-refractivity contribution in [2.24, 2.45) is 0 Å². The molecule has 0 aliphatic rings. The van der Waals surface area contributed by atoms with Crippen molar-refractivity contribution >= 4 is 5.69 Å².